The van der Waals surface area contributed by atoms with Crippen molar-refractivity contribution in [2.24, 2.45) is 0 Å². The first-order valence-electron chi connectivity index (χ1n) is 6.50. The Hall–Kier alpha value is -2.04. The van der Waals surface area contributed by atoms with E-state index >= 15 is 0 Å². The lowest BCUT2D eigenvalue weighted by atomic mass is 10.1. The number of benzene rings is 1. The van der Waals surface area contributed by atoms with Crippen molar-refractivity contribution in [3.05, 3.63) is 45.7 Å². The number of alkyl halides is 3. The first-order chi connectivity index (χ1) is 10.4. The van der Waals surface area contributed by atoms with Crippen molar-refractivity contribution in [1.82, 2.24) is 15.1 Å². The van der Waals surface area contributed by atoms with Gasteiger partial charge in [0.25, 0.3) is 0 Å². The molecule has 2 aromatic rings. The van der Waals surface area contributed by atoms with Gasteiger partial charge in [0.1, 0.15) is 6.07 Å². The van der Waals surface area contributed by atoms with Crippen LogP contribution in [0.5, 0.6) is 0 Å². The van der Waals surface area contributed by atoms with Crippen molar-refractivity contribution >= 4 is 11.6 Å². The molecule has 1 aromatic heterocycles. The van der Waals surface area contributed by atoms with Crippen molar-refractivity contribution in [3.8, 4) is 11.8 Å². The summed E-state index contributed by atoms with van der Waals surface area (Å²) in [6, 6.07) is 5.60. The van der Waals surface area contributed by atoms with Gasteiger partial charge in [-0.05, 0) is 18.2 Å². The maximum atomic E-state index is 13.0. The molecule has 0 bridgehead atoms. The van der Waals surface area contributed by atoms with Crippen molar-refractivity contribution in [3.63, 3.8) is 0 Å². The summed E-state index contributed by atoms with van der Waals surface area (Å²) < 4.78 is 40.3. The summed E-state index contributed by atoms with van der Waals surface area (Å²) in [6.07, 6.45) is -3.95. The first kappa shape index (κ1) is 14.9. The van der Waals surface area contributed by atoms with Crippen LogP contribution in [0.15, 0.2) is 18.2 Å². The van der Waals surface area contributed by atoms with Crippen LogP contribution in [-0.4, -0.2) is 16.3 Å². The highest BCUT2D eigenvalue weighted by molar-refractivity contribution is 6.31. The maximum Gasteiger partial charge on any atom is 0.417 e. The van der Waals surface area contributed by atoms with E-state index < -0.39 is 11.7 Å². The number of hydrogen-bond donors (Lipinski definition) is 1. The molecule has 0 unspecified atom stereocenters. The fourth-order valence-electron chi connectivity index (χ4n) is 2.51. The van der Waals surface area contributed by atoms with Crippen LogP contribution in [0.1, 0.15) is 22.5 Å². The zero-order valence-electron chi connectivity index (χ0n) is 11.2. The van der Waals surface area contributed by atoms with E-state index in [-0.39, 0.29) is 16.4 Å². The Balaban J connectivity index is 2.17. The van der Waals surface area contributed by atoms with Crippen molar-refractivity contribution < 1.29 is 13.2 Å². The van der Waals surface area contributed by atoms with Gasteiger partial charge >= 0.3 is 6.18 Å². The molecule has 1 N–H and O–H groups in total. The number of nitrogens with one attached hydrogen (secondary N) is 1. The van der Waals surface area contributed by atoms with Crippen molar-refractivity contribution in [2.75, 3.05) is 6.54 Å². The minimum Gasteiger partial charge on any atom is -0.312 e. The molecule has 0 fully saturated rings. The van der Waals surface area contributed by atoms with Crippen molar-refractivity contribution in [2.45, 2.75) is 19.1 Å². The summed E-state index contributed by atoms with van der Waals surface area (Å²) in [5, 5.41) is 16.0. The molecule has 0 spiro atoms. The summed E-state index contributed by atoms with van der Waals surface area (Å²) in [6.45, 7) is 1.17. The Bertz CT molecular complexity index is 774. The van der Waals surface area contributed by atoms with E-state index in [0.29, 0.717) is 19.5 Å². The molecule has 0 atom stereocenters. The second-order valence-electron chi connectivity index (χ2n) is 4.89. The van der Waals surface area contributed by atoms with E-state index in [1.54, 1.807) is 0 Å². The largest absolute Gasteiger partial charge is 0.417 e. The fraction of sp³-hybridized carbons (Fsp3) is 0.286. The second kappa shape index (κ2) is 5.30. The van der Waals surface area contributed by atoms with Crippen LogP contribution >= 0.6 is 11.6 Å². The third-order valence-corrected chi connectivity index (χ3v) is 3.87. The number of nitrogens with zero attached hydrogens (tertiary/aromatic N) is 3. The van der Waals surface area contributed by atoms with Gasteiger partial charge in [0.2, 0.25) is 0 Å². The maximum absolute atomic E-state index is 13.0. The molecule has 0 saturated carbocycles. The summed E-state index contributed by atoms with van der Waals surface area (Å²) in [5.41, 5.74) is 1.05. The number of rotatable bonds is 1. The Kier molecular flexibility index (Phi) is 3.59. The van der Waals surface area contributed by atoms with Gasteiger partial charge < -0.3 is 5.32 Å². The molecule has 1 aliphatic rings. The van der Waals surface area contributed by atoms with E-state index in [2.05, 4.69) is 10.4 Å². The highest BCUT2D eigenvalue weighted by Crippen LogP contribution is 2.36. The number of nitriles is 1. The van der Waals surface area contributed by atoms with E-state index in [4.69, 9.17) is 16.9 Å². The Morgan fingerprint density at radius 3 is 2.82 bits per heavy atom. The van der Waals surface area contributed by atoms with E-state index in [1.807, 2.05) is 6.07 Å². The molecular weight excluding hydrogens is 317 g/mol. The van der Waals surface area contributed by atoms with E-state index in [0.717, 1.165) is 17.3 Å². The minimum absolute atomic E-state index is 0.228. The lowest BCUT2D eigenvalue weighted by molar-refractivity contribution is -0.137. The van der Waals surface area contributed by atoms with Crippen LogP contribution < -0.4 is 5.32 Å². The molecule has 0 amide bonds. The standard InChI is InChI=1S/C14H10ClF3N4/c15-11-2-1-8(5-10(11)14(16,17)18)22-13-3-4-20-7-9(13)12(6-19)21-22/h1-2,5,20H,3-4,7H2. The Morgan fingerprint density at radius 2 is 2.14 bits per heavy atom. The smallest absolute Gasteiger partial charge is 0.312 e. The number of aromatic nitrogens is 2. The van der Waals surface area contributed by atoms with Gasteiger partial charge in [-0.3, -0.25) is 0 Å². The molecule has 114 valence electrons. The van der Waals surface area contributed by atoms with Crippen LogP contribution in [-0.2, 0) is 19.1 Å². The van der Waals surface area contributed by atoms with E-state index in [9.17, 15) is 13.2 Å². The quantitative estimate of drug-likeness (QED) is 0.876. The van der Waals surface area contributed by atoms with Crippen LogP contribution in [0.4, 0.5) is 13.2 Å². The zero-order valence-corrected chi connectivity index (χ0v) is 12.0. The fourth-order valence-corrected chi connectivity index (χ4v) is 2.74. The topological polar surface area (TPSA) is 53.6 Å². The first-order valence-corrected chi connectivity index (χ1v) is 6.88. The predicted molar refractivity (Wildman–Crippen MR) is 73.7 cm³/mol. The van der Waals surface area contributed by atoms with Crippen LogP contribution in [0.3, 0.4) is 0 Å². The highest BCUT2D eigenvalue weighted by atomic mass is 35.5. The average Bonchev–Trinajstić information content (AvgIpc) is 2.85. The number of halogens is 4. The van der Waals surface area contributed by atoms with E-state index in [1.165, 1.54) is 16.8 Å². The van der Waals surface area contributed by atoms with Gasteiger partial charge in [-0.1, -0.05) is 11.6 Å². The SMILES string of the molecule is N#Cc1nn(-c2ccc(Cl)c(C(F)(F)F)c2)c2c1CNCC2. The molecule has 0 saturated heterocycles. The lowest BCUT2D eigenvalue weighted by Crippen LogP contribution is -2.24. The lowest BCUT2D eigenvalue weighted by Gasteiger charge is -2.16. The Morgan fingerprint density at radius 1 is 1.36 bits per heavy atom. The third kappa shape index (κ3) is 2.45. The third-order valence-electron chi connectivity index (χ3n) is 3.54. The van der Waals surface area contributed by atoms with Gasteiger partial charge in [0.15, 0.2) is 5.69 Å². The highest BCUT2D eigenvalue weighted by Gasteiger charge is 2.34. The monoisotopic (exact) mass is 326 g/mol. The summed E-state index contributed by atoms with van der Waals surface area (Å²) >= 11 is 5.63. The molecular formula is C14H10ClF3N4. The molecule has 4 nitrogen and oxygen atoms in total. The molecule has 8 heteroatoms. The summed E-state index contributed by atoms with van der Waals surface area (Å²) in [5.74, 6) is 0. The average molecular weight is 327 g/mol. The van der Waals surface area contributed by atoms with Gasteiger partial charge in [0, 0.05) is 25.1 Å². The normalized spacial score (nSPS) is 14.5. The molecule has 1 aliphatic heterocycles. The molecule has 0 aliphatic carbocycles. The van der Waals surface area contributed by atoms with Gasteiger partial charge in [-0.25, -0.2) is 4.68 Å². The molecule has 0 radical (unpaired) electrons. The zero-order chi connectivity index (χ0) is 15.9. The van der Waals surface area contributed by atoms with Crippen LogP contribution in [0, 0.1) is 11.3 Å². The number of fused-ring (bicyclic) bond motifs is 1. The Labute approximate surface area is 129 Å². The summed E-state index contributed by atoms with van der Waals surface area (Å²) in [7, 11) is 0. The molecule has 22 heavy (non-hydrogen) atoms. The van der Waals surface area contributed by atoms with Gasteiger partial charge in [-0.2, -0.15) is 23.5 Å². The molecule has 3 rings (SSSR count). The van der Waals surface area contributed by atoms with Gasteiger partial charge in [-0.15, -0.1) is 0 Å². The van der Waals surface area contributed by atoms with Crippen LogP contribution in [0.25, 0.3) is 5.69 Å². The molecule has 2 heterocycles. The molecule has 1 aromatic carbocycles. The van der Waals surface area contributed by atoms with Crippen molar-refractivity contribution in [1.29, 1.82) is 5.26 Å². The van der Waals surface area contributed by atoms with Crippen LogP contribution in [0.2, 0.25) is 5.02 Å². The van der Waals surface area contributed by atoms with Gasteiger partial charge in [0.05, 0.1) is 22.0 Å². The predicted octanol–water partition coefficient (Wildman–Crippen LogP) is 3.06. The summed E-state index contributed by atoms with van der Waals surface area (Å²) in [4.78, 5) is 0. The minimum atomic E-state index is -4.54. The second-order valence-corrected chi connectivity index (χ2v) is 5.29. The number of hydrogen-bond acceptors (Lipinski definition) is 3.